The second kappa shape index (κ2) is 8.02. The molecule has 0 aromatic heterocycles. The van der Waals surface area contributed by atoms with Crippen molar-refractivity contribution in [2.24, 2.45) is 0 Å². The smallest absolute Gasteiger partial charge is 0.258 e. The van der Waals surface area contributed by atoms with Crippen LogP contribution in [0, 0.1) is 0 Å². The van der Waals surface area contributed by atoms with Gasteiger partial charge >= 0.3 is 0 Å². The van der Waals surface area contributed by atoms with Gasteiger partial charge in [0.25, 0.3) is 5.91 Å². The minimum atomic E-state index is -0.266. The van der Waals surface area contributed by atoms with Crippen LogP contribution in [0.3, 0.4) is 0 Å². The van der Waals surface area contributed by atoms with Gasteiger partial charge in [0.15, 0.2) is 12.9 Å². The van der Waals surface area contributed by atoms with Crippen LogP contribution in [-0.2, 0) is 4.79 Å². The Labute approximate surface area is 156 Å². The average Bonchev–Trinajstić information content (AvgIpc) is 2.66. The number of aldehydes is 1. The molecule has 0 saturated carbocycles. The second-order valence-corrected chi connectivity index (χ2v) is 6.38. The minimum Gasteiger partial charge on any atom is -0.483 e. The van der Waals surface area contributed by atoms with Crippen LogP contribution in [-0.4, -0.2) is 18.8 Å². The van der Waals surface area contributed by atoms with E-state index in [0.29, 0.717) is 16.3 Å². The fraction of sp³-hybridized carbons (Fsp3) is 0.143. The highest BCUT2D eigenvalue weighted by molar-refractivity contribution is 6.30. The molecule has 0 heterocycles. The summed E-state index contributed by atoms with van der Waals surface area (Å²) in [6.07, 6.45) is 0.756. The Morgan fingerprint density at radius 2 is 1.85 bits per heavy atom. The largest absolute Gasteiger partial charge is 0.483 e. The Morgan fingerprint density at radius 1 is 1.12 bits per heavy atom. The highest BCUT2D eigenvalue weighted by Crippen LogP contribution is 2.26. The van der Waals surface area contributed by atoms with E-state index in [9.17, 15) is 9.59 Å². The number of rotatable bonds is 6. The molecule has 0 radical (unpaired) electrons. The summed E-state index contributed by atoms with van der Waals surface area (Å²) in [5, 5.41) is 5.26. The number of fused-ring (bicyclic) bond motifs is 1. The number of ether oxygens (including phenoxy) is 1. The molecule has 1 atom stereocenters. The van der Waals surface area contributed by atoms with E-state index in [1.165, 1.54) is 0 Å². The van der Waals surface area contributed by atoms with E-state index in [0.717, 1.165) is 22.6 Å². The van der Waals surface area contributed by atoms with Gasteiger partial charge in [-0.3, -0.25) is 9.59 Å². The summed E-state index contributed by atoms with van der Waals surface area (Å²) >= 11 is 5.87. The number of amides is 1. The first-order valence-electron chi connectivity index (χ1n) is 8.23. The molecular formula is C21H18ClNO3. The molecule has 4 nitrogen and oxygen atoms in total. The zero-order chi connectivity index (χ0) is 18.5. The number of carbonyl (C=O) groups is 2. The van der Waals surface area contributed by atoms with Gasteiger partial charge in [0.1, 0.15) is 5.75 Å². The molecule has 1 N–H and O–H groups in total. The monoisotopic (exact) mass is 367 g/mol. The van der Waals surface area contributed by atoms with Gasteiger partial charge in [-0.1, -0.05) is 54.1 Å². The van der Waals surface area contributed by atoms with Crippen molar-refractivity contribution in [2.75, 3.05) is 6.61 Å². The zero-order valence-corrected chi connectivity index (χ0v) is 15.0. The molecule has 0 saturated heterocycles. The highest BCUT2D eigenvalue weighted by atomic mass is 35.5. The van der Waals surface area contributed by atoms with Gasteiger partial charge in [-0.15, -0.1) is 0 Å². The van der Waals surface area contributed by atoms with Crippen molar-refractivity contribution in [2.45, 2.75) is 13.0 Å². The Balaban J connectivity index is 1.67. The maximum absolute atomic E-state index is 12.2. The maximum atomic E-state index is 12.2. The fourth-order valence-electron chi connectivity index (χ4n) is 2.78. The van der Waals surface area contributed by atoms with Crippen molar-refractivity contribution in [3.8, 4) is 5.75 Å². The Kier molecular flexibility index (Phi) is 5.54. The van der Waals surface area contributed by atoms with E-state index < -0.39 is 0 Å². The summed E-state index contributed by atoms with van der Waals surface area (Å²) in [5.41, 5.74) is 1.39. The molecule has 5 heteroatoms. The predicted octanol–water partition coefficient (Wildman–Crippen LogP) is 4.56. The fourth-order valence-corrected chi connectivity index (χ4v) is 2.91. The number of nitrogens with one attached hydrogen (secondary N) is 1. The van der Waals surface area contributed by atoms with E-state index in [2.05, 4.69) is 5.32 Å². The standard InChI is InChI=1S/C21H18ClNO3/c1-14(15-6-9-17(22)10-7-15)23-21(25)13-26-20-11-8-16-4-2-3-5-18(16)19(20)12-24/h2-12,14H,13H2,1H3,(H,23,25)/t14-/m1/s1. The summed E-state index contributed by atoms with van der Waals surface area (Å²) in [5.74, 6) is 0.130. The highest BCUT2D eigenvalue weighted by Gasteiger charge is 2.13. The third-order valence-corrected chi connectivity index (χ3v) is 4.41. The van der Waals surface area contributed by atoms with E-state index in [4.69, 9.17) is 16.3 Å². The van der Waals surface area contributed by atoms with E-state index in [1.54, 1.807) is 18.2 Å². The summed E-state index contributed by atoms with van der Waals surface area (Å²) in [4.78, 5) is 23.7. The van der Waals surface area contributed by atoms with Gasteiger partial charge in [-0.05, 0) is 41.5 Å². The minimum absolute atomic E-state index is 0.170. The topological polar surface area (TPSA) is 55.4 Å². The molecule has 26 heavy (non-hydrogen) atoms. The number of benzene rings is 3. The molecule has 0 aliphatic rings. The quantitative estimate of drug-likeness (QED) is 0.650. The number of halogens is 1. The van der Waals surface area contributed by atoms with Gasteiger partial charge in [-0.2, -0.15) is 0 Å². The van der Waals surface area contributed by atoms with Crippen molar-refractivity contribution < 1.29 is 14.3 Å². The molecule has 1 amide bonds. The lowest BCUT2D eigenvalue weighted by Crippen LogP contribution is -2.31. The first-order chi connectivity index (χ1) is 12.6. The summed E-state index contributed by atoms with van der Waals surface area (Å²) in [6, 6.07) is 18.2. The average molecular weight is 368 g/mol. The third-order valence-electron chi connectivity index (χ3n) is 4.15. The van der Waals surface area contributed by atoms with E-state index >= 15 is 0 Å². The maximum Gasteiger partial charge on any atom is 0.258 e. The van der Waals surface area contributed by atoms with E-state index in [-0.39, 0.29) is 18.6 Å². The predicted molar refractivity (Wildman–Crippen MR) is 103 cm³/mol. The van der Waals surface area contributed by atoms with Crippen LogP contribution < -0.4 is 10.1 Å². The Hall–Kier alpha value is -2.85. The van der Waals surface area contributed by atoms with Crippen LogP contribution in [0.15, 0.2) is 60.7 Å². The van der Waals surface area contributed by atoms with Gasteiger partial charge in [0, 0.05) is 5.02 Å². The van der Waals surface area contributed by atoms with E-state index in [1.807, 2.05) is 49.4 Å². The molecule has 3 aromatic carbocycles. The van der Waals surface area contributed by atoms with Crippen LogP contribution in [0.25, 0.3) is 10.8 Å². The number of hydrogen-bond acceptors (Lipinski definition) is 3. The molecule has 0 spiro atoms. The zero-order valence-electron chi connectivity index (χ0n) is 14.2. The van der Waals surface area contributed by atoms with Crippen LogP contribution in [0.4, 0.5) is 0 Å². The van der Waals surface area contributed by atoms with Crippen LogP contribution in [0.2, 0.25) is 5.02 Å². The Morgan fingerprint density at radius 3 is 2.58 bits per heavy atom. The lowest BCUT2D eigenvalue weighted by Gasteiger charge is -2.15. The van der Waals surface area contributed by atoms with Gasteiger partial charge < -0.3 is 10.1 Å². The lowest BCUT2D eigenvalue weighted by atomic mass is 10.0. The van der Waals surface area contributed by atoms with Crippen molar-refractivity contribution >= 4 is 34.6 Å². The molecule has 0 unspecified atom stereocenters. The molecule has 0 fully saturated rings. The number of carbonyl (C=O) groups excluding carboxylic acids is 2. The third kappa shape index (κ3) is 4.03. The van der Waals surface area contributed by atoms with Gasteiger partial charge in [0.05, 0.1) is 11.6 Å². The molecule has 0 aliphatic carbocycles. The summed E-state index contributed by atoms with van der Waals surface area (Å²) in [6.45, 7) is 1.71. The van der Waals surface area contributed by atoms with Crippen LogP contribution in [0.1, 0.15) is 28.9 Å². The molecule has 3 aromatic rings. The van der Waals surface area contributed by atoms with Gasteiger partial charge in [-0.25, -0.2) is 0 Å². The Bertz CT molecular complexity index is 938. The van der Waals surface area contributed by atoms with Crippen LogP contribution in [0.5, 0.6) is 5.75 Å². The summed E-state index contributed by atoms with van der Waals surface area (Å²) in [7, 11) is 0. The second-order valence-electron chi connectivity index (χ2n) is 5.95. The first kappa shape index (κ1) is 18.0. The summed E-state index contributed by atoms with van der Waals surface area (Å²) < 4.78 is 5.59. The normalized spacial score (nSPS) is 11.8. The number of hydrogen-bond donors (Lipinski definition) is 1. The molecule has 3 rings (SSSR count). The van der Waals surface area contributed by atoms with Gasteiger partial charge in [0.2, 0.25) is 0 Å². The lowest BCUT2D eigenvalue weighted by molar-refractivity contribution is -0.123. The first-order valence-corrected chi connectivity index (χ1v) is 8.61. The molecular weight excluding hydrogens is 350 g/mol. The molecule has 132 valence electrons. The SMILES string of the molecule is C[C@@H](NC(=O)COc1ccc2ccccc2c1C=O)c1ccc(Cl)cc1. The van der Waals surface area contributed by atoms with Crippen LogP contribution >= 0.6 is 11.6 Å². The molecule has 0 aliphatic heterocycles. The van der Waals surface area contributed by atoms with Crippen molar-refractivity contribution in [3.63, 3.8) is 0 Å². The van der Waals surface area contributed by atoms with Crippen molar-refractivity contribution in [3.05, 3.63) is 76.8 Å². The van der Waals surface area contributed by atoms with Crippen molar-refractivity contribution in [1.29, 1.82) is 0 Å². The molecule has 0 bridgehead atoms. The van der Waals surface area contributed by atoms with Crippen molar-refractivity contribution in [1.82, 2.24) is 5.32 Å².